The lowest BCUT2D eigenvalue weighted by atomic mass is 10.1. The highest BCUT2D eigenvalue weighted by atomic mass is 32.1. The van der Waals surface area contributed by atoms with Crippen LogP contribution in [0.3, 0.4) is 0 Å². The van der Waals surface area contributed by atoms with E-state index < -0.39 is 0 Å². The molecule has 2 aromatic heterocycles. The molecule has 0 radical (unpaired) electrons. The van der Waals surface area contributed by atoms with Crippen LogP contribution in [0, 0.1) is 0 Å². The Kier molecular flexibility index (Phi) is 6.52. The predicted molar refractivity (Wildman–Crippen MR) is 107 cm³/mol. The van der Waals surface area contributed by atoms with Crippen LogP contribution in [0.5, 0.6) is 0 Å². The zero-order valence-corrected chi connectivity index (χ0v) is 16.6. The van der Waals surface area contributed by atoms with E-state index in [1.165, 1.54) is 40.4 Å². The van der Waals surface area contributed by atoms with E-state index in [9.17, 15) is 0 Å². The third-order valence-corrected chi connectivity index (χ3v) is 5.14. The zero-order chi connectivity index (χ0) is 18.4. The molecular formula is C20H27N5S. The molecule has 0 aliphatic heterocycles. The molecule has 5 nitrogen and oxygen atoms in total. The van der Waals surface area contributed by atoms with E-state index in [4.69, 9.17) is 0 Å². The van der Waals surface area contributed by atoms with Crippen LogP contribution in [0.4, 0.5) is 0 Å². The van der Waals surface area contributed by atoms with Crippen LogP contribution in [0.15, 0.2) is 36.7 Å². The van der Waals surface area contributed by atoms with Gasteiger partial charge in [0.25, 0.3) is 0 Å². The van der Waals surface area contributed by atoms with Crippen LogP contribution in [-0.2, 0) is 19.5 Å². The first-order valence-electron chi connectivity index (χ1n) is 9.32. The van der Waals surface area contributed by atoms with E-state index in [-0.39, 0.29) is 0 Å². The van der Waals surface area contributed by atoms with Crippen molar-refractivity contribution in [2.45, 2.75) is 59.0 Å². The minimum atomic E-state index is 0.411. The highest BCUT2D eigenvalue weighted by molar-refractivity contribution is 7.05. The van der Waals surface area contributed by atoms with Crippen molar-refractivity contribution in [3.05, 3.63) is 58.4 Å². The van der Waals surface area contributed by atoms with Crippen molar-refractivity contribution in [1.29, 1.82) is 0 Å². The molecule has 3 rings (SSSR count). The van der Waals surface area contributed by atoms with Crippen LogP contribution in [0.1, 0.15) is 61.2 Å². The van der Waals surface area contributed by atoms with E-state index in [1.807, 2.05) is 10.9 Å². The van der Waals surface area contributed by atoms with E-state index in [0.29, 0.717) is 5.92 Å². The number of nitrogens with one attached hydrogen (secondary N) is 1. The van der Waals surface area contributed by atoms with Gasteiger partial charge < -0.3 is 5.32 Å². The number of hydrogen-bond acceptors (Lipinski definition) is 5. The maximum Gasteiger partial charge on any atom is 0.0826 e. The summed E-state index contributed by atoms with van der Waals surface area (Å²) in [5.74, 6) is 0.411. The molecule has 0 saturated heterocycles. The first kappa shape index (κ1) is 18.7. The molecule has 0 atom stereocenters. The third-order valence-electron chi connectivity index (χ3n) is 4.40. The van der Waals surface area contributed by atoms with Gasteiger partial charge in [-0.3, -0.25) is 0 Å². The lowest BCUT2D eigenvalue weighted by Crippen LogP contribution is -2.13. The van der Waals surface area contributed by atoms with E-state index in [2.05, 4.69) is 71.2 Å². The molecule has 1 N–H and O–H groups in total. The van der Waals surface area contributed by atoms with E-state index in [0.717, 1.165) is 30.9 Å². The molecule has 0 unspecified atom stereocenters. The van der Waals surface area contributed by atoms with Gasteiger partial charge in [-0.05, 0) is 48.0 Å². The molecule has 3 aromatic rings. The van der Waals surface area contributed by atoms with Crippen molar-refractivity contribution in [2.24, 2.45) is 0 Å². The predicted octanol–water partition coefficient (Wildman–Crippen LogP) is 4.48. The van der Waals surface area contributed by atoms with Crippen molar-refractivity contribution in [2.75, 3.05) is 0 Å². The van der Waals surface area contributed by atoms with Crippen LogP contribution in [-0.4, -0.2) is 19.4 Å². The van der Waals surface area contributed by atoms with Gasteiger partial charge in [0.2, 0.25) is 0 Å². The number of nitrogens with zero attached hydrogens (tertiary/aromatic N) is 4. The molecule has 0 spiro atoms. The molecule has 26 heavy (non-hydrogen) atoms. The maximum absolute atomic E-state index is 4.49. The minimum Gasteiger partial charge on any atom is -0.308 e. The van der Waals surface area contributed by atoms with Crippen LogP contribution < -0.4 is 5.32 Å². The summed E-state index contributed by atoms with van der Waals surface area (Å²) in [7, 11) is 0. The molecule has 0 aliphatic carbocycles. The summed E-state index contributed by atoms with van der Waals surface area (Å²) in [5.41, 5.74) is 4.76. The number of hydrogen-bond donors (Lipinski definition) is 1. The number of aromatic nitrogens is 4. The molecule has 138 valence electrons. The maximum atomic E-state index is 4.49. The molecular weight excluding hydrogens is 342 g/mol. The Bertz CT molecular complexity index is 804. The highest BCUT2D eigenvalue weighted by Gasteiger charge is 2.11. The fraction of sp³-hybridized carbons (Fsp3) is 0.450. The summed E-state index contributed by atoms with van der Waals surface area (Å²) in [6.07, 6.45) is 7.63. The van der Waals surface area contributed by atoms with E-state index >= 15 is 0 Å². The largest absolute Gasteiger partial charge is 0.308 e. The van der Waals surface area contributed by atoms with Gasteiger partial charge in [0, 0.05) is 24.8 Å². The Hall–Kier alpha value is -2.05. The van der Waals surface area contributed by atoms with Crippen LogP contribution in [0.2, 0.25) is 0 Å². The summed E-state index contributed by atoms with van der Waals surface area (Å²) in [4.78, 5) is 1.22. The van der Waals surface area contributed by atoms with Crippen molar-refractivity contribution in [3.8, 4) is 5.69 Å². The fourth-order valence-corrected chi connectivity index (χ4v) is 3.65. The van der Waals surface area contributed by atoms with Gasteiger partial charge in [-0.25, -0.2) is 4.68 Å². The molecule has 0 amide bonds. The second-order valence-electron chi connectivity index (χ2n) is 6.90. The van der Waals surface area contributed by atoms with Crippen LogP contribution >= 0.6 is 11.5 Å². The standard InChI is InChI=1S/C20H27N5S/c1-4-5-6-16-7-9-18(10-8-16)25-14-17(12-22-25)11-21-13-19-20(15(2)3)23-24-26-19/h7-10,12,14-15,21H,4-6,11,13H2,1-3H3. The quantitative estimate of drug-likeness (QED) is 0.604. The fourth-order valence-electron chi connectivity index (χ4n) is 2.89. The SMILES string of the molecule is CCCCc1ccc(-n2cc(CNCc3snnc3C(C)C)cn2)cc1. The van der Waals surface area contributed by atoms with Gasteiger partial charge in [-0.2, -0.15) is 5.10 Å². The number of aryl methyl sites for hydroxylation is 1. The highest BCUT2D eigenvalue weighted by Crippen LogP contribution is 2.19. The number of rotatable bonds is 9. The van der Waals surface area contributed by atoms with Gasteiger partial charge in [-0.1, -0.05) is 43.8 Å². The lowest BCUT2D eigenvalue weighted by molar-refractivity contribution is 0.684. The molecule has 1 aromatic carbocycles. The van der Waals surface area contributed by atoms with E-state index in [1.54, 1.807) is 0 Å². The second-order valence-corrected chi connectivity index (χ2v) is 7.74. The molecule has 0 aliphatic rings. The van der Waals surface area contributed by atoms with Gasteiger partial charge in [-0.15, -0.1) is 5.10 Å². The van der Waals surface area contributed by atoms with Gasteiger partial charge in [0.1, 0.15) is 0 Å². The topological polar surface area (TPSA) is 55.6 Å². The smallest absolute Gasteiger partial charge is 0.0826 e. The molecule has 6 heteroatoms. The number of unbranched alkanes of at least 4 members (excludes halogenated alkanes) is 1. The molecule has 2 heterocycles. The van der Waals surface area contributed by atoms with Crippen molar-refractivity contribution in [1.82, 2.24) is 24.7 Å². The summed E-state index contributed by atoms with van der Waals surface area (Å²) >= 11 is 1.48. The summed E-state index contributed by atoms with van der Waals surface area (Å²) in [5, 5.41) is 12.2. The first-order valence-corrected chi connectivity index (χ1v) is 10.1. The Balaban J connectivity index is 1.55. The summed E-state index contributed by atoms with van der Waals surface area (Å²) in [6.45, 7) is 8.10. The number of benzene rings is 1. The summed E-state index contributed by atoms with van der Waals surface area (Å²) < 4.78 is 6.01. The lowest BCUT2D eigenvalue weighted by Gasteiger charge is -2.05. The van der Waals surface area contributed by atoms with Crippen molar-refractivity contribution >= 4 is 11.5 Å². The molecule has 0 bridgehead atoms. The molecule has 0 saturated carbocycles. The average molecular weight is 370 g/mol. The Morgan fingerprint density at radius 2 is 1.92 bits per heavy atom. The van der Waals surface area contributed by atoms with Gasteiger partial charge in [0.05, 0.1) is 22.5 Å². The zero-order valence-electron chi connectivity index (χ0n) is 15.8. The van der Waals surface area contributed by atoms with Gasteiger partial charge in [0.15, 0.2) is 0 Å². The first-order chi connectivity index (χ1) is 12.7. The van der Waals surface area contributed by atoms with Crippen molar-refractivity contribution in [3.63, 3.8) is 0 Å². The minimum absolute atomic E-state index is 0.411. The monoisotopic (exact) mass is 369 g/mol. The van der Waals surface area contributed by atoms with Crippen molar-refractivity contribution < 1.29 is 0 Å². The van der Waals surface area contributed by atoms with Crippen LogP contribution in [0.25, 0.3) is 5.69 Å². The Labute approximate surface area is 159 Å². The Morgan fingerprint density at radius 1 is 1.12 bits per heavy atom. The third kappa shape index (κ3) is 4.77. The normalized spacial score (nSPS) is 11.4. The van der Waals surface area contributed by atoms with Gasteiger partial charge >= 0.3 is 0 Å². The Morgan fingerprint density at radius 3 is 2.65 bits per heavy atom. The summed E-state index contributed by atoms with van der Waals surface area (Å²) in [6, 6.07) is 8.70. The molecule has 0 fully saturated rings. The second kappa shape index (κ2) is 9.05. The average Bonchev–Trinajstić information content (AvgIpc) is 3.30.